The molecule has 124 valence electrons. The summed E-state index contributed by atoms with van der Waals surface area (Å²) in [5.74, 6) is -2.00. The van der Waals surface area contributed by atoms with Crippen LogP contribution in [0.2, 0.25) is 0 Å². The van der Waals surface area contributed by atoms with Gasteiger partial charge in [-0.25, -0.2) is 0 Å². The molecular formula is C14H23AlO7. The van der Waals surface area contributed by atoms with Crippen molar-refractivity contribution in [3.8, 4) is 0 Å². The number of hydrogen-bond acceptors (Lipinski definition) is 7. The lowest BCUT2D eigenvalue weighted by Crippen LogP contribution is -2.33. The quantitative estimate of drug-likeness (QED) is 0.396. The first-order chi connectivity index (χ1) is 10.4. The Hall–Kier alpha value is -1.23. The van der Waals surface area contributed by atoms with Crippen molar-refractivity contribution in [2.24, 2.45) is 0 Å². The van der Waals surface area contributed by atoms with Gasteiger partial charge in [-0.15, -0.1) is 0 Å². The molecule has 0 heterocycles. The first kappa shape index (κ1) is 20.8. The SMILES string of the molecule is CCCC(=O)CC(=O)[O][Al]([O]CC)[O]C(=O)CC(=O)CCC. The standard InChI is InChI=1S/2C6H10O3.C2H5O.Al/c2*1-2-3-5(7)4-6(8)9;1-2-3;/h2*2-4H2,1H3,(H,8,9);2H2,1H3;/q;;-1;+3/p-2. The van der Waals surface area contributed by atoms with Gasteiger partial charge in [0.25, 0.3) is 11.9 Å². The van der Waals surface area contributed by atoms with E-state index in [0.29, 0.717) is 25.7 Å². The number of rotatable bonds is 12. The average Bonchev–Trinajstić information content (AvgIpc) is 2.38. The minimum atomic E-state index is -3.01. The predicted octanol–water partition coefficient (Wildman–Crippen LogP) is 1.61. The molecule has 0 fully saturated rings. The molecule has 0 aromatic heterocycles. The third-order valence-electron chi connectivity index (χ3n) is 2.50. The zero-order valence-electron chi connectivity index (χ0n) is 13.4. The normalized spacial score (nSPS) is 9.95. The lowest BCUT2D eigenvalue weighted by molar-refractivity contribution is -0.145. The fourth-order valence-electron chi connectivity index (χ4n) is 1.58. The Balaban J connectivity index is 4.35. The monoisotopic (exact) mass is 330 g/mol. The van der Waals surface area contributed by atoms with E-state index in [1.807, 2.05) is 13.8 Å². The third-order valence-corrected chi connectivity index (χ3v) is 4.01. The minimum absolute atomic E-state index is 0.198. The Kier molecular flexibility index (Phi) is 11.6. The van der Waals surface area contributed by atoms with Gasteiger partial charge in [-0.05, 0) is 19.8 Å². The minimum Gasteiger partial charge on any atom is -0.561 e. The summed E-state index contributed by atoms with van der Waals surface area (Å²) < 4.78 is 14.9. The van der Waals surface area contributed by atoms with E-state index in [0.717, 1.165) is 0 Å². The third kappa shape index (κ3) is 10.5. The molecule has 0 aliphatic carbocycles. The molecule has 0 unspecified atom stereocenters. The van der Waals surface area contributed by atoms with Crippen molar-refractivity contribution in [1.82, 2.24) is 0 Å². The first-order valence-electron chi connectivity index (χ1n) is 7.46. The summed E-state index contributed by atoms with van der Waals surface area (Å²) in [5, 5.41) is 0. The summed E-state index contributed by atoms with van der Waals surface area (Å²) >= 11 is -3.01. The number of hydrogen-bond donors (Lipinski definition) is 0. The maximum atomic E-state index is 11.6. The van der Waals surface area contributed by atoms with Crippen LogP contribution in [0.1, 0.15) is 59.3 Å². The number of ketones is 2. The molecule has 0 rings (SSSR count). The Morgan fingerprint density at radius 1 is 0.773 bits per heavy atom. The van der Waals surface area contributed by atoms with E-state index in [1.54, 1.807) is 6.92 Å². The number of carbonyl (C=O) groups excluding carboxylic acids is 4. The van der Waals surface area contributed by atoms with Crippen LogP contribution in [0.4, 0.5) is 0 Å². The summed E-state index contributed by atoms with van der Waals surface area (Å²) in [6, 6.07) is 0. The Labute approximate surface area is 135 Å². The predicted molar refractivity (Wildman–Crippen MR) is 78.6 cm³/mol. The summed E-state index contributed by atoms with van der Waals surface area (Å²) in [5.41, 5.74) is 0. The fourth-order valence-corrected chi connectivity index (χ4v) is 2.63. The van der Waals surface area contributed by atoms with Crippen LogP contribution in [0.5, 0.6) is 0 Å². The lowest BCUT2D eigenvalue weighted by atomic mass is 10.2. The van der Waals surface area contributed by atoms with Gasteiger partial charge in [0.15, 0.2) is 0 Å². The molecule has 0 spiro atoms. The van der Waals surface area contributed by atoms with Crippen molar-refractivity contribution in [2.45, 2.75) is 59.3 Å². The molecule has 0 bridgehead atoms. The zero-order chi connectivity index (χ0) is 17.0. The van der Waals surface area contributed by atoms with Crippen LogP contribution in [0.15, 0.2) is 0 Å². The van der Waals surface area contributed by atoms with E-state index >= 15 is 0 Å². The van der Waals surface area contributed by atoms with E-state index in [9.17, 15) is 19.2 Å². The second kappa shape index (κ2) is 12.3. The lowest BCUT2D eigenvalue weighted by Gasteiger charge is -2.12. The first-order valence-corrected chi connectivity index (χ1v) is 8.88. The molecule has 0 radical (unpaired) electrons. The molecule has 0 aromatic carbocycles. The largest absolute Gasteiger partial charge is 1.10 e. The van der Waals surface area contributed by atoms with Gasteiger partial charge in [0.1, 0.15) is 24.4 Å². The van der Waals surface area contributed by atoms with Gasteiger partial charge in [0.05, 0.1) is 0 Å². The summed E-state index contributed by atoms with van der Waals surface area (Å²) in [7, 11) is 0. The second-order valence-corrected chi connectivity index (χ2v) is 6.04. The van der Waals surface area contributed by atoms with E-state index in [2.05, 4.69) is 0 Å². The zero-order valence-corrected chi connectivity index (χ0v) is 14.5. The number of Topliss-reactive ketones (excluding diaryl/α,β-unsaturated/α-hetero) is 2. The van der Waals surface area contributed by atoms with Crippen molar-refractivity contribution < 1.29 is 30.5 Å². The topological polar surface area (TPSA) is 96.0 Å². The summed E-state index contributed by atoms with van der Waals surface area (Å²) in [6.07, 6.45) is 1.15. The summed E-state index contributed by atoms with van der Waals surface area (Å²) in [6.45, 7) is 5.52. The van der Waals surface area contributed by atoms with E-state index in [1.165, 1.54) is 0 Å². The Morgan fingerprint density at radius 2 is 1.18 bits per heavy atom. The molecule has 8 heteroatoms. The van der Waals surface area contributed by atoms with Crippen LogP contribution >= 0.6 is 0 Å². The fraction of sp³-hybridized carbons (Fsp3) is 0.714. The van der Waals surface area contributed by atoms with Crippen molar-refractivity contribution in [3.05, 3.63) is 0 Å². The molecular weight excluding hydrogens is 307 g/mol. The highest BCUT2D eigenvalue weighted by Gasteiger charge is 2.43. The number of carbonyl (C=O) groups is 4. The highest BCUT2D eigenvalue weighted by atomic mass is 27.3. The van der Waals surface area contributed by atoms with Crippen LogP contribution in [-0.2, 0) is 30.5 Å². The molecule has 0 aliphatic heterocycles. The van der Waals surface area contributed by atoms with E-state index < -0.39 is 27.1 Å². The van der Waals surface area contributed by atoms with Gasteiger partial charge in [-0.3, -0.25) is 19.2 Å². The maximum absolute atomic E-state index is 11.6. The summed E-state index contributed by atoms with van der Waals surface area (Å²) in [4.78, 5) is 45.9. The van der Waals surface area contributed by atoms with E-state index in [-0.39, 0.29) is 31.0 Å². The molecule has 0 atom stereocenters. The maximum Gasteiger partial charge on any atom is 1.10 e. The van der Waals surface area contributed by atoms with Crippen molar-refractivity contribution >= 4 is 38.7 Å². The van der Waals surface area contributed by atoms with Gasteiger partial charge in [0, 0.05) is 19.4 Å². The second-order valence-electron chi connectivity index (χ2n) is 4.65. The van der Waals surface area contributed by atoms with Crippen molar-refractivity contribution in [1.29, 1.82) is 0 Å². The molecule has 0 amide bonds. The van der Waals surface area contributed by atoms with Crippen LogP contribution < -0.4 is 0 Å². The van der Waals surface area contributed by atoms with Crippen LogP contribution in [-0.4, -0.2) is 45.3 Å². The highest BCUT2D eigenvalue weighted by molar-refractivity contribution is 6.42. The van der Waals surface area contributed by atoms with Gasteiger partial charge >= 0.3 is 15.1 Å². The smallest absolute Gasteiger partial charge is 0.561 e. The molecule has 0 aromatic rings. The molecule has 0 saturated carbocycles. The van der Waals surface area contributed by atoms with E-state index in [4.69, 9.17) is 11.4 Å². The van der Waals surface area contributed by atoms with Crippen LogP contribution in [0, 0.1) is 0 Å². The van der Waals surface area contributed by atoms with Gasteiger partial charge in [0.2, 0.25) is 0 Å². The molecule has 0 saturated heterocycles. The van der Waals surface area contributed by atoms with Gasteiger partial charge in [-0.2, -0.15) is 0 Å². The molecule has 7 nitrogen and oxygen atoms in total. The van der Waals surface area contributed by atoms with Gasteiger partial charge in [-0.1, -0.05) is 13.8 Å². The van der Waals surface area contributed by atoms with Crippen LogP contribution in [0.3, 0.4) is 0 Å². The average molecular weight is 330 g/mol. The Morgan fingerprint density at radius 3 is 1.50 bits per heavy atom. The van der Waals surface area contributed by atoms with Crippen molar-refractivity contribution in [2.75, 3.05) is 6.61 Å². The molecule has 22 heavy (non-hydrogen) atoms. The molecule has 0 N–H and O–H groups in total. The Bertz CT molecular complexity index is 361. The van der Waals surface area contributed by atoms with Crippen molar-refractivity contribution in [3.63, 3.8) is 0 Å². The van der Waals surface area contributed by atoms with Crippen LogP contribution in [0.25, 0.3) is 0 Å². The highest BCUT2D eigenvalue weighted by Crippen LogP contribution is 2.03. The van der Waals surface area contributed by atoms with Gasteiger partial charge < -0.3 is 11.4 Å². The molecule has 0 aliphatic rings.